The normalized spacial score (nSPS) is 18.0. The maximum atomic E-state index is 6.14. The molecule has 8 heteroatoms. The van der Waals surface area contributed by atoms with Crippen molar-refractivity contribution in [2.45, 2.75) is 19.3 Å². The molecule has 0 aromatic carbocycles. The van der Waals surface area contributed by atoms with Gasteiger partial charge in [0.05, 0.1) is 25.5 Å². The van der Waals surface area contributed by atoms with E-state index < -0.39 is 0 Å². The summed E-state index contributed by atoms with van der Waals surface area (Å²) in [6.07, 6.45) is 8.02. The molecule has 1 fully saturated rings. The first-order valence-corrected chi connectivity index (χ1v) is 9.47. The number of nitrogens with zero attached hydrogens (tertiary/aromatic N) is 6. The molecular formula is C21H20N6O2. The Hall–Kier alpha value is -3.55. The molecule has 0 bridgehead atoms. The first kappa shape index (κ1) is 17.5. The predicted molar refractivity (Wildman–Crippen MR) is 106 cm³/mol. The van der Waals surface area contributed by atoms with E-state index in [0.717, 1.165) is 34.6 Å². The second-order valence-corrected chi connectivity index (χ2v) is 7.15. The molecule has 0 radical (unpaired) electrons. The molecular weight excluding hydrogens is 368 g/mol. The van der Waals surface area contributed by atoms with Gasteiger partial charge in [-0.1, -0.05) is 0 Å². The van der Waals surface area contributed by atoms with Gasteiger partial charge in [0, 0.05) is 29.9 Å². The highest BCUT2D eigenvalue weighted by atomic mass is 16.5. The summed E-state index contributed by atoms with van der Waals surface area (Å²) in [5.41, 5.74) is 3.64. The van der Waals surface area contributed by atoms with E-state index in [4.69, 9.17) is 9.47 Å². The Morgan fingerprint density at radius 3 is 2.90 bits per heavy atom. The number of fused-ring (bicyclic) bond motifs is 1. The number of methoxy groups -OCH3 is 1. The zero-order chi connectivity index (χ0) is 19.8. The maximum absolute atomic E-state index is 6.14. The third-order valence-corrected chi connectivity index (χ3v) is 5.20. The van der Waals surface area contributed by atoms with Crippen LogP contribution >= 0.6 is 0 Å². The van der Waals surface area contributed by atoms with Crippen molar-refractivity contribution in [2.24, 2.45) is 5.92 Å². The van der Waals surface area contributed by atoms with Gasteiger partial charge in [-0.25, -0.2) is 14.5 Å². The molecule has 4 heterocycles. The summed E-state index contributed by atoms with van der Waals surface area (Å²) in [5, 5.41) is 4.14. The van der Waals surface area contributed by atoms with Crippen LogP contribution in [0.2, 0.25) is 0 Å². The lowest BCUT2D eigenvalue weighted by Gasteiger charge is -2.11. The van der Waals surface area contributed by atoms with Gasteiger partial charge in [-0.05, 0) is 43.2 Å². The SMILES string of the molecule is COc1ccc([C@H]2C[C@@H]2COc2nc(C)ncc2-c2ccn3ncnc3c2)nc1. The lowest BCUT2D eigenvalue weighted by Crippen LogP contribution is -2.06. The summed E-state index contributed by atoms with van der Waals surface area (Å²) in [6.45, 7) is 2.45. The fourth-order valence-electron chi connectivity index (χ4n) is 3.45. The Labute approximate surface area is 167 Å². The Balaban J connectivity index is 1.33. The molecule has 0 N–H and O–H groups in total. The van der Waals surface area contributed by atoms with Gasteiger partial charge in [0.25, 0.3) is 0 Å². The maximum Gasteiger partial charge on any atom is 0.224 e. The van der Waals surface area contributed by atoms with Crippen molar-refractivity contribution < 1.29 is 9.47 Å². The van der Waals surface area contributed by atoms with Crippen LogP contribution in [0.3, 0.4) is 0 Å². The van der Waals surface area contributed by atoms with Gasteiger partial charge < -0.3 is 9.47 Å². The molecule has 5 rings (SSSR count). The zero-order valence-corrected chi connectivity index (χ0v) is 16.2. The van der Waals surface area contributed by atoms with Crippen molar-refractivity contribution in [1.29, 1.82) is 0 Å². The number of rotatable bonds is 6. The summed E-state index contributed by atoms with van der Waals surface area (Å²) < 4.78 is 13.0. The molecule has 0 aliphatic heterocycles. The first-order chi connectivity index (χ1) is 14.2. The molecule has 8 nitrogen and oxygen atoms in total. The summed E-state index contributed by atoms with van der Waals surface area (Å²) in [7, 11) is 1.65. The third kappa shape index (κ3) is 3.49. The van der Waals surface area contributed by atoms with Crippen molar-refractivity contribution in [1.82, 2.24) is 29.5 Å². The molecule has 1 aliphatic carbocycles. The summed E-state index contributed by atoms with van der Waals surface area (Å²) in [5.74, 6) is 2.89. The minimum atomic E-state index is 0.416. The highest BCUT2D eigenvalue weighted by Gasteiger charge is 2.40. The monoisotopic (exact) mass is 388 g/mol. The summed E-state index contributed by atoms with van der Waals surface area (Å²) >= 11 is 0. The van der Waals surface area contributed by atoms with Crippen LogP contribution in [0.15, 0.2) is 49.2 Å². The van der Waals surface area contributed by atoms with Gasteiger partial charge in [0.15, 0.2) is 5.65 Å². The van der Waals surface area contributed by atoms with E-state index >= 15 is 0 Å². The molecule has 4 aromatic rings. The van der Waals surface area contributed by atoms with Crippen LogP contribution in [-0.2, 0) is 0 Å². The Kier molecular flexibility index (Phi) is 4.31. The smallest absolute Gasteiger partial charge is 0.224 e. The lowest BCUT2D eigenvalue weighted by atomic mass is 10.1. The van der Waals surface area contributed by atoms with Crippen molar-refractivity contribution in [2.75, 3.05) is 13.7 Å². The first-order valence-electron chi connectivity index (χ1n) is 9.47. The van der Waals surface area contributed by atoms with Crippen LogP contribution in [0.4, 0.5) is 0 Å². The van der Waals surface area contributed by atoms with Crippen LogP contribution in [0, 0.1) is 12.8 Å². The molecule has 0 spiro atoms. The predicted octanol–water partition coefficient (Wildman–Crippen LogP) is 3.08. The van der Waals surface area contributed by atoms with Gasteiger partial charge in [-0.3, -0.25) is 4.98 Å². The van der Waals surface area contributed by atoms with Crippen LogP contribution in [0.5, 0.6) is 11.6 Å². The van der Waals surface area contributed by atoms with Gasteiger partial charge in [0.1, 0.15) is 17.9 Å². The van der Waals surface area contributed by atoms with Crippen molar-refractivity contribution in [3.63, 3.8) is 0 Å². The number of aryl methyl sites for hydroxylation is 1. The van der Waals surface area contributed by atoms with Crippen molar-refractivity contribution in [3.05, 3.63) is 60.7 Å². The quantitative estimate of drug-likeness (QED) is 0.501. The zero-order valence-electron chi connectivity index (χ0n) is 16.2. The lowest BCUT2D eigenvalue weighted by molar-refractivity contribution is 0.285. The van der Waals surface area contributed by atoms with Crippen LogP contribution in [0.25, 0.3) is 16.8 Å². The second-order valence-electron chi connectivity index (χ2n) is 7.15. The van der Waals surface area contributed by atoms with E-state index in [2.05, 4.69) is 25.0 Å². The average molecular weight is 388 g/mol. The van der Waals surface area contributed by atoms with E-state index in [1.807, 2.05) is 37.4 Å². The molecule has 0 amide bonds. The molecule has 29 heavy (non-hydrogen) atoms. The number of hydrogen-bond donors (Lipinski definition) is 0. The molecule has 2 atom stereocenters. The van der Waals surface area contributed by atoms with Gasteiger partial charge >= 0.3 is 0 Å². The number of pyridine rings is 2. The number of aromatic nitrogens is 6. The molecule has 1 saturated carbocycles. The largest absolute Gasteiger partial charge is 0.495 e. The van der Waals surface area contributed by atoms with E-state index in [0.29, 0.717) is 30.1 Å². The molecule has 1 aliphatic rings. The molecule has 0 unspecified atom stereocenters. The third-order valence-electron chi connectivity index (χ3n) is 5.20. The average Bonchev–Trinajstić information content (AvgIpc) is 3.38. The van der Waals surface area contributed by atoms with E-state index in [-0.39, 0.29) is 0 Å². The van der Waals surface area contributed by atoms with Crippen molar-refractivity contribution in [3.8, 4) is 22.8 Å². The molecule has 146 valence electrons. The Morgan fingerprint density at radius 2 is 2.07 bits per heavy atom. The van der Waals surface area contributed by atoms with Crippen LogP contribution in [0.1, 0.15) is 23.9 Å². The summed E-state index contributed by atoms with van der Waals surface area (Å²) in [6, 6.07) is 7.89. The molecule has 4 aromatic heterocycles. The number of ether oxygens (including phenoxy) is 2. The van der Waals surface area contributed by atoms with Gasteiger partial charge in [-0.15, -0.1) is 0 Å². The topological polar surface area (TPSA) is 87.3 Å². The van der Waals surface area contributed by atoms with E-state index in [1.165, 1.54) is 6.33 Å². The second kappa shape index (κ2) is 7.12. The Morgan fingerprint density at radius 1 is 1.14 bits per heavy atom. The summed E-state index contributed by atoms with van der Waals surface area (Å²) in [4.78, 5) is 17.6. The minimum absolute atomic E-state index is 0.416. The van der Waals surface area contributed by atoms with E-state index in [9.17, 15) is 0 Å². The highest BCUT2D eigenvalue weighted by molar-refractivity contribution is 5.70. The minimum Gasteiger partial charge on any atom is -0.495 e. The molecule has 0 saturated heterocycles. The fourth-order valence-corrected chi connectivity index (χ4v) is 3.45. The van der Waals surface area contributed by atoms with Crippen LogP contribution < -0.4 is 9.47 Å². The highest BCUT2D eigenvalue weighted by Crippen LogP contribution is 2.47. The fraction of sp³-hybridized carbons (Fsp3) is 0.286. The standard InChI is InChI=1S/C21H20N6O2/c1-13-22-10-18(14-5-6-27-20(8-14)24-12-25-27)21(26-13)29-11-15-7-17(15)19-4-3-16(28-2)9-23-19/h3-6,8-10,12,15,17H,7,11H2,1-2H3/t15-,17+/m1/s1. The number of hydrogen-bond acceptors (Lipinski definition) is 7. The van der Waals surface area contributed by atoms with E-state index in [1.54, 1.807) is 24.0 Å². The van der Waals surface area contributed by atoms with Crippen LogP contribution in [-0.4, -0.2) is 43.3 Å². The van der Waals surface area contributed by atoms with Gasteiger partial charge in [-0.2, -0.15) is 10.1 Å². The Bertz CT molecular complexity index is 1160. The van der Waals surface area contributed by atoms with Gasteiger partial charge in [0.2, 0.25) is 5.88 Å². The van der Waals surface area contributed by atoms with Crippen molar-refractivity contribution >= 4 is 5.65 Å².